The van der Waals surface area contributed by atoms with Gasteiger partial charge in [-0.2, -0.15) is 0 Å². The van der Waals surface area contributed by atoms with Crippen LogP contribution in [0.5, 0.6) is 0 Å². The predicted molar refractivity (Wildman–Crippen MR) is 79.0 cm³/mol. The third-order valence-electron chi connectivity index (χ3n) is 3.19. The summed E-state index contributed by atoms with van der Waals surface area (Å²) >= 11 is 1.96. The Morgan fingerprint density at radius 1 is 1.18 bits per heavy atom. The van der Waals surface area contributed by atoms with E-state index in [0.29, 0.717) is 6.04 Å². The van der Waals surface area contributed by atoms with Gasteiger partial charge in [-0.1, -0.05) is 39.5 Å². The van der Waals surface area contributed by atoms with Crippen molar-refractivity contribution in [1.82, 2.24) is 5.32 Å². The van der Waals surface area contributed by atoms with Gasteiger partial charge in [0, 0.05) is 15.8 Å². The SMILES string of the molecule is CCCCCCC(NCC)c1sc(C)cc1C. The minimum atomic E-state index is 0.579. The van der Waals surface area contributed by atoms with E-state index in [1.807, 2.05) is 11.3 Å². The van der Waals surface area contributed by atoms with Gasteiger partial charge in [0.1, 0.15) is 0 Å². The zero-order chi connectivity index (χ0) is 12.7. The Morgan fingerprint density at radius 3 is 2.47 bits per heavy atom. The molecule has 0 aliphatic heterocycles. The van der Waals surface area contributed by atoms with Crippen molar-refractivity contribution >= 4 is 11.3 Å². The molecule has 1 nitrogen and oxygen atoms in total. The number of aryl methyl sites for hydroxylation is 2. The summed E-state index contributed by atoms with van der Waals surface area (Å²) in [5.74, 6) is 0. The highest BCUT2D eigenvalue weighted by Gasteiger charge is 2.14. The summed E-state index contributed by atoms with van der Waals surface area (Å²) in [6.07, 6.45) is 6.71. The van der Waals surface area contributed by atoms with E-state index < -0.39 is 0 Å². The number of thiophene rings is 1. The highest BCUT2D eigenvalue weighted by atomic mass is 32.1. The quantitative estimate of drug-likeness (QED) is 0.644. The Hall–Kier alpha value is -0.340. The van der Waals surface area contributed by atoms with Crippen LogP contribution in [0, 0.1) is 13.8 Å². The fourth-order valence-electron chi connectivity index (χ4n) is 2.35. The Labute approximate surface area is 111 Å². The molecule has 0 spiro atoms. The Morgan fingerprint density at radius 2 is 1.94 bits per heavy atom. The summed E-state index contributed by atoms with van der Waals surface area (Å²) in [6.45, 7) is 9.99. The maximum absolute atomic E-state index is 3.64. The van der Waals surface area contributed by atoms with Crippen LogP contribution in [0.25, 0.3) is 0 Å². The monoisotopic (exact) mass is 253 g/mol. The molecular weight excluding hydrogens is 226 g/mol. The van der Waals surface area contributed by atoms with Crippen molar-refractivity contribution in [2.75, 3.05) is 6.54 Å². The van der Waals surface area contributed by atoms with E-state index in [1.165, 1.54) is 42.5 Å². The van der Waals surface area contributed by atoms with Crippen molar-refractivity contribution in [3.05, 3.63) is 21.4 Å². The van der Waals surface area contributed by atoms with Gasteiger partial charge in [0.15, 0.2) is 0 Å². The molecule has 98 valence electrons. The van der Waals surface area contributed by atoms with Crippen LogP contribution in [0.1, 0.15) is 67.3 Å². The predicted octanol–water partition coefficient (Wildman–Crippen LogP) is 4.99. The van der Waals surface area contributed by atoms with Crippen LogP contribution >= 0.6 is 11.3 Å². The van der Waals surface area contributed by atoms with Crippen LogP contribution in [-0.4, -0.2) is 6.54 Å². The lowest BCUT2D eigenvalue weighted by atomic mass is 10.0. The lowest BCUT2D eigenvalue weighted by Crippen LogP contribution is -2.20. The zero-order valence-electron chi connectivity index (χ0n) is 11.8. The third-order valence-corrected chi connectivity index (χ3v) is 4.46. The molecule has 0 saturated carbocycles. The highest BCUT2D eigenvalue weighted by Crippen LogP contribution is 2.30. The number of nitrogens with one attached hydrogen (secondary N) is 1. The number of hydrogen-bond donors (Lipinski definition) is 1. The molecule has 0 aliphatic rings. The number of unbranched alkanes of at least 4 members (excludes halogenated alkanes) is 3. The summed E-state index contributed by atoms with van der Waals surface area (Å²) in [4.78, 5) is 3.00. The molecule has 1 aromatic heterocycles. The summed E-state index contributed by atoms with van der Waals surface area (Å²) < 4.78 is 0. The summed E-state index contributed by atoms with van der Waals surface area (Å²) in [5, 5.41) is 3.64. The van der Waals surface area contributed by atoms with Crippen LogP contribution in [0.15, 0.2) is 6.07 Å². The molecule has 2 heteroatoms. The molecule has 0 fully saturated rings. The van der Waals surface area contributed by atoms with Gasteiger partial charge in [0.05, 0.1) is 0 Å². The first-order valence-corrected chi connectivity index (χ1v) is 7.81. The number of rotatable bonds is 8. The van der Waals surface area contributed by atoms with Crippen LogP contribution in [-0.2, 0) is 0 Å². The van der Waals surface area contributed by atoms with Crippen molar-refractivity contribution < 1.29 is 0 Å². The molecule has 1 rings (SSSR count). The summed E-state index contributed by atoms with van der Waals surface area (Å²) in [5.41, 5.74) is 1.47. The minimum absolute atomic E-state index is 0.579. The van der Waals surface area contributed by atoms with Gasteiger partial charge < -0.3 is 5.32 Å². The molecular formula is C15H27NS. The van der Waals surface area contributed by atoms with E-state index in [0.717, 1.165) is 6.54 Å². The molecule has 1 unspecified atom stereocenters. The first kappa shape index (κ1) is 14.7. The van der Waals surface area contributed by atoms with Gasteiger partial charge in [-0.25, -0.2) is 0 Å². The first-order chi connectivity index (χ1) is 8.19. The summed E-state index contributed by atoms with van der Waals surface area (Å²) in [6, 6.07) is 2.90. The summed E-state index contributed by atoms with van der Waals surface area (Å²) in [7, 11) is 0. The van der Waals surface area contributed by atoms with Crippen LogP contribution in [0.4, 0.5) is 0 Å². The second-order valence-corrected chi connectivity index (χ2v) is 6.15. The van der Waals surface area contributed by atoms with E-state index in [-0.39, 0.29) is 0 Å². The van der Waals surface area contributed by atoms with Gasteiger partial charge in [0.25, 0.3) is 0 Å². The van der Waals surface area contributed by atoms with E-state index >= 15 is 0 Å². The van der Waals surface area contributed by atoms with Crippen molar-refractivity contribution in [3.63, 3.8) is 0 Å². The average molecular weight is 253 g/mol. The highest BCUT2D eigenvalue weighted by molar-refractivity contribution is 7.12. The lowest BCUT2D eigenvalue weighted by Gasteiger charge is -2.17. The van der Waals surface area contributed by atoms with Crippen LogP contribution in [0.3, 0.4) is 0 Å². The second-order valence-electron chi connectivity index (χ2n) is 4.86. The van der Waals surface area contributed by atoms with E-state index in [1.54, 1.807) is 4.88 Å². The van der Waals surface area contributed by atoms with Crippen LogP contribution in [0.2, 0.25) is 0 Å². The molecule has 0 saturated heterocycles. The molecule has 0 bridgehead atoms. The van der Waals surface area contributed by atoms with Gasteiger partial charge in [-0.05, 0) is 38.4 Å². The topological polar surface area (TPSA) is 12.0 Å². The molecule has 1 N–H and O–H groups in total. The second kappa shape index (κ2) is 7.88. The number of hydrogen-bond acceptors (Lipinski definition) is 2. The molecule has 0 amide bonds. The first-order valence-electron chi connectivity index (χ1n) is 6.99. The molecule has 0 aromatic carbocycles. The van der Waals surface area contributed by atoms with E-state index in [4.69, 9.17) is 0 Å². The molecule has 1 heterocycles. The maximum atomic E-state index is 3.64. The van der Waals surface area contributed by atoms with Gasteiger partial charge >= 0.3 is 0 Å². The van der Waals surface area contributed by atoms with E-state index in [2.05, 4.69) is 39.1 Å². The molecule has 1 aromatic rings. The zero-order valence-corrected chi connectivity index (χ0v) is 12.6. The largest absolute Gasteiger partial charge is 0.310 e. The lowest BCUT2D eigenvalue weighted by molar-refractivity contribution is 0.486. The normalized spacial score (nSPS) is 12.9. The fourth-order valence-corrected chi connectivity index (χ4v) is 3.50. The smallest absolute Gasteiger partial charge is 0.0417 e. The van der Waals surface area contributed by atoms with Gasteiger partial charge in [-0.3, -0.25) is 0 Å². The van der Waals surface area contributed by atoms with Crippen LogP contribution < -0.4 is 5.32 Å². The van der Waals surface area contributed by atoms with Gasteiger partial charge in [-0.15, -0.1) is 11.3 Å². The standard InChI is InChI=1S/C15H27NS/c1-5-7-8-9-10-14(16-6-2)15-12(3)11-13(4)17-15/h11,14,16H,5-10H2,1-4H3. The molecule has 1 atom stereocenters. The maximum Gasteiger partial charge on any atom is 0.0417 e. The Balaban J connectivity index is 2.55. The minimum Gasteiger partial charge on any atom is -0.310 e. The Bertz CT molecular complexity index is 317. The van der Waals surface area contributed by atoms with Crippen molar-refractivity contribution in [1.29, 1.82) is 0 Å². The fraction of sp³-hybridized carbons (Fsp3) is 0.733. The molecule has 0 radical (unpaired) electrons. The molecule has 17 heavy (non-hydrogen) atoms. The van der Waals surface area contributed by atoms with Crippen molar-refractivity contribution in [2.24, 2.45) is 0 Å². The van der Waals surface area contributed by atoms with E-state index in [9.17, 15) is 0 Å². The third kappa shape index (κ3) is 4.81. The molecule has 0 aliphatic carbocycles. The average Bonchev–Trinajstić information content (AvgIpc) is 2.62. The van der Waals surface area contributed by atoms with Crippen molar-refractivity contribution in [3.8, 4) is 0 Å². The van der Waals surface area contributed by atoms with Gasteiger partial charge in [0.2, 0.25) is 0 Å². The van der Waals surface area contributed by atoms with Crippen molar-refractivity contribution in [2.45, 2.75) is 65.8 Å². The Kier molecular flexibility index (Phi) is 6.83.